The lowest BCUT2D eigenvalue weighted by Gasteiger charge is -2.11. The highest BCUT2D eigenvalue weighted by Crippen LogP contribution is 2.22. The third kappa shape index (κ3) is 5.38. The van der Waals surface area contributed by atoms with E-state index < -0.39 is 0 Å². The van der Waals surface area contributed by atoms with E-state index in [1.807, 2.05) is 19.1 Å². The quantitative estimate of drug-likeness (QED) is 0.823. The fraction of sp³-hybridized carbons (Fsp3) is 0.278. The molecule has 0 atom stereocenters. The Labute approximate surface area is 135 Å². The molecule has 0 aliphatic carbocycles. The molecule has 23 heavy (non-hydrogen) atoms. The number of rotatable bonds is 7. The number of hydrogen-bond donors (Lipinski definition) is 2. The Morgan fingerprint density at radius 3 is 2.78 bits per heavy atom. The van der Waals surface area contributed by atoms with Crippen molar-refractivity contribution >= 4 is 11.6 Å². The van der Waals surface area contributed by atoms with Gasteiger partial charge < -0.3 is 15.8 Å². The van der Waals surface area contributed by atoms with Gasteiger partial charge in [-0.3, -0.25) is 4.79 Å². The zero-order valence-electron chi connectivity index (χ0n) is 13.1. The first-order valence-electron chi connectivity index (χ1n) is 7.56. The number of ether oxygens (including phenoxy) is 1. The topological polar surface area (TPSA) is 64.3 Å². The van der Waals surface area contributed by atoms with Gasteiger partial charge in [-0.25, -0.2) is 4.39 Å². The van der Waals surface area contributed by atoms with E-state index in [1.165, 1.54) is 12.1 Å². The monoisotopic (exact) mass is 316 g/mol. The number of aryl methyl sites for hydroxylation is 1. The Morgan fingerprint density at radius 1 is 1.26 bits per heavy atom. The molecule has 0 aliphatic heterocycles. The van der Waals surface area contributed by atoms with E-state index >= 15 is 0 Å². The molecular weight excluding hydrogens is 295 g/mol. The number of carbonyl (C=O) groups is 1. The second kappa shape index (κ2) is 8.29. The average molecular weight is 316 g/mol. The molecule has 3 N–H and O–H groups in total. The standard InChI is InChI=1S/C18H21FN2O2/c1-13-10-16(23-12-14-4-2-5-15(19)11-14)7-8-17(13)21-18(22)6-3-9-20/h2,4-5,7-8,10-11H,3,6,9,12,20H2,1H3,(H,21,22). The molecule has 0 bridgehead atoms. The summed E-state index contributed by atoms with van der Waals surface area (Å²) in [6.07, 6.45) is 1.08. The van der Waals surface area contributed by atoms with E-state index in [0.717, 1.165) is 16.8 Å². The molecule has 1 amide bonds. The van der Waals surface area contributed by atoms with E-state index in [0.29, 0.717) is 31.7 Å². The molecule has 2 aromatic carbocycles. The fourth-order valence-electron chi connectivity index (χ4n) is 2.13. The van der Waals surface area contributed by atoms with Gasteiger partial charge in [-0.05, 0) is 61.3 Å². The van der Waals surface area contributed by atoms with Gasteiger partial charge in [-0.2, -0.15) is 0 Å². The number of benzene rings is 2. The van der Waals surface area contributed by atoms with Crippen LogP contribution in [0.25, 0.3) is 0 Å². The van der Waals surface area contributed by atoms with Gasteiger partial charge in [-0.1, -0.05) is 12.1 Å². The van der Waals surface area contributed by atoms with Crippen molar-refractivity contribution in [1.82, 2.24) is 0 Å². The third-order valence-corrected chi connectivity index (χ3v) is 3.37. The van der Waals surface area contributed by atoms with Crippen LogP contribution in [0.1, 0.15) is 24.0 Å². The molecule has 2 rings (SSSR count). The van der Waals surface area contributed by atoms with E-state index in [4.69, 9.17) is 10.5 Å². The van der Waals surface area contributed by atoms with Crippen molar-refractivity contribution < 1.29 is 13.9 Å². The van der Waals surface area contributed by atoms with Gasteiger partial charge in [0.15, 0.2) is 0 Å². The van der Waals surface area contributed by atoms with Crippen LogP contribution in [0.15, 0.2) is 42.5 Å². The molecule has 0 saturated heterocycles. The summed E-state index contributed by atoms with van der Waals surface area (Å²) >= 11 is 0. The molecule has 4 nitrogen and oxygen atoms in total. The Hall–Kier alpha value is -2.40. The van der Waals surface area contributed by atoms with Crippen molar-refractivity contribution in [3.63, 3.8) is 0 Å². The van der Waals surface area contributed by atoms with Gasteiger partial charge in [0.1, 0.15) is 18.2 Å². The number of nitrogens with two attached hydrogens (primary N) is 1. The highest BCUT2D eigenvalue weighted by atomic mass is 19.1. The number of carbonyl (C=O) groups excluding carboxylic acids is 1. The second-order valence-electron chi connectivity index (χ2n) is 5.34. The highest BCUT2D eigenvalue weighted by Gasteiger charge is 2.06. The van der Waals surface area contributed by atoms with Gasteiger partial charge >= 0.3 is 0 Å². The molecule has 0 radical (unpaired) electrons. The minimum Gasteiger partial charge on any atom is -0.489 e. The minimum absolute atomic E-state index is 0.0491. The Kier molecular flexibility index (Phi) is 6.11. The Bertz CT molecular complexity index is 674. The van der Waals surface area contributed by atoms with E-state index in [-0.39, 0.29) is 11.7 Å². The molecule has 0 heterocycles. The lowest BCUT2D eigenvalue weighted by molar-refractivity contribution is -0.116. The summed E-state index contributed by atoms with van der Waals surface area (Å²) in [6.45, 7) is 2.69. The molecule has 0 spiro atoms. The first-order chi connectivity index (χ1) is 11.1. The lowest BCUT2D eigenvalue weighted by atomic mass is 10.1. The van der Waals surface area contributed by atoms with Crippen LogP contribution >= 0.6 is 0 Å². The van der Waals surface area contributed by atoms with Gasteiger partial charge in [-0.15, -0.1) is 0 Å². The van der Waals surface area contributed by atoms with E-state index in [9.17, 15) is 9.18 Å². The Morgan fingerprint density at radius 2 is 2.09 bits per heavy atom. The molecule has 0 saturated carbocycles. The summed E-state index contributed by atoms with van der Waals surface area (Å²) in [7, 11) is 0. The SMILES string of the molecule is Cc1cc(OCc2cccc(F)c2)ccc1NC(=O)CCCN. The first-order valence-corrected chi connectivity index (χ1v) is 7.56. The van der Waals surface area contributed by atoms with Crippen molar-refractivity contribution in [3.8, 4) is 5.75 Å². The minimum atomic E-state index is -0.280. The molecule has 0 aliphatic rings. The van der Waals surface area contributed by atoms with Crippen LogP contribution in [0, 0.1) is 12.7 Å². The lowest BCUT2D eigenvalue weighted by Crippen LogP contribution is -2.14. The summed E-state index contributed by atoms with van der Waals surface area (Å²) in [6, 6.07) is 11.7. The number of amides is 1. The van der Waals surface area contributed by atoms with Gasteiger partial charge in [0.25, 0.3) is 0 Å². The highest BCUT2D eigenvalue weighted by molar-refractivity contribution is 5.91. The molecule has 2 aromatic rings. The zero-order valence-corrected chi connectivity index (χ0v) is 13.1. The third-order valence-electron chi connectivity index (χ3n) is 3.37. The molecular formula is C18H21FN2O2. The van der Waals surface area contributed by atoms with Crippen molar-refractivity contribution in [3.05, 3.63) is 59.4 Å². The van der Waals surface area contributed by atoms with Crippen LogP contribution < -0.4 is 15.8 Å². The van der Waals surface area contributed by atoms with Crippen LogP contribution in [0.5, 0.6) is 5.75 Å². The molecule has 0 fully saturated rings. The van der Waals surface area contributed by atoms with E-state index in [1.54, 1.807) is 18.2 Å². The summed E-state index contributed by atoms with van der Waals surface area (Å²) in [5.41, 5.74) is 7.82. The van der Waals surface area contributed by atoms with Crippen LogP contribution in [0.2, 0.25) is 0 Å². The molecule has 0 aromatic heterocycles. The molecule has 5 heteroatoms. The van der Waals surface area contributed by atoms with E-state index in [2.05, 4.69) is 5.32 Å². The Balaban J connectivity index is 1.94. The maximum Gasteiger partial charge on any atom is 0.224 e. The molecule has 122 valence electrons. The van der Waals surface area contributed by atoms with Crippen LogP contribution in [0.4, 0.5) is 10.1 Å². The summed E-state index contributed by atoms with van der Waals surface area (Å²) < 4.78 is 18.8. The number of anilines is 1. The molecule has 0 unspecified atom stereocenters. The van der Waals surface area contributed by atoms with Crippen molar-refractivity contribution in [2.45, 2.75) is 26.4 Å². The van der Waals surface area contributed by atoms with Crippen LogP contribution in [0.3, 0.4) is 0 Å². The number of hydrogen-bond acceptors (Lipinski definition) is 3. The smallest absolute Gasteiger partial charge is 0.224 e. The maximum atomic E-state index is 13.1. The maximum absolute atomic E-state index is 13.1. The fourth-order valence-corrected chi connectivity index (χ4v) is 2.13. The van der Waals surface area contributed by atoms with Crippen molar-refractivity contribution in [2.24, 2.45) is 5.73 Å². The number of nitrogens with one attached hydrogen (secondary N) is 1. The summed E-state index contributed by atoms with van der Waals surface area (Å²) in [4.78, 5) is 11.7. The van der Waals surface area contributed by atoms with Crippen molar-refractivity contribution in [1.29, 1.82) is 0 Å². The van der Waals surface area contributed by atoms with Crippen LogP contribution in [-0.4, -0.2) is 12.5 Å². The van der Waals surface area contributed by atoms with Crippen molar-refractivity contribution in [2.75, 3.05) is 11.9 Å². The normalized spacial score (nSPS) is 10.4. The first kappa shape index (κ1) is 17.0. The second-order valence-corrected chi connectivity index (χ2v) is 5.34. The average Bonchev–Trinajstić information content (AvgIpc) is 2.53. The van der Waals surface area contributed by atoms with Crippen LogP contribution in [-0.2, 0) is 11.4 Å². The summed E-state index contributed by atoms with van der Waals surface area (Å²) in [5, 5.41) is 2.85. The largest absolute Gasteiger partial charge is 0.489 e. The predicted octanol–water partition coefficient (Wildman–Crippen LogP) is 3.39. The number of halogens is 1. The summed E-state index contributed by atoms with van der Waals surface area (Å²) in [5.74, 6) is 0.344. The van der Waals surface area contributed by atoms with Gasteiger partial charge in [0.2, 0.25) is 5.91 Å². The predicted molar refractivity (Wildman–Crippen MR) is 88.8 cm³/mol. The van der Waals surface area contributed by atoms with Gasteiger partial charge in [0, 0.05) is 12.1 Å². The van der Waals surface area contributed by atoms with Gasteiger partial charge in [0.05, 0.1) is 0 Å². The zero-order chi connectivity index (χ0) is 16.7.